The number of carbonyl (C=O) groups is 4. The molecule has 0 saturated heterocycles. The number of amides is 4. The van der Waals surface area contributed by atoms with Crippen molar-refractivity contribution in [1.82, 2.24) is 10.9 Å². The largest absolute Gasteiger partial charge is 0.326 e. The van der Waals surface area contributed by atoms with Crippen LogP contribution in [-0.4, -0.2) is 23.6 Å². The summed E-state index contributed by atoms with van der Waals surface area (Å²) < 4.78 is 0. The first-order chi connectivity index (χ1) is 13.2. The van der Waals surface area contributed by atoms with Crippen molar-refractivity contribution < 1.29 is 19.2 Å². The highest BCUT2D eigenvalue weighted by atomic mass is 16.2. The Labute approximate surface area is 162 Å². The third-order valence-corrected chi connectivity index (χ3v) is 3.75. The van der Waals surface area contributed by atoms with Gasteiger partial charge in [-0.3, -0.25) is 30.0 Å². The van der Waals surface area contributed by atoms with E-state index in [1.165, 1.54) is 32.0 Å². The maximum absolute atomic E-state index is 12.4. The molecule has 0 aliphatic heterocycles. The van der Waals surface area contributed by atoms with Crippen molar-refractivity contribution in [2.45, 2.75) is 27.7 Å². The van der Waals surface area contributed by atoms with Gasteiger partial charge in [-0.05, 0) is 43.7 Å². The molecule has 4 N–H and O–H groups in total. The first-order valence-corrected chi connectivity index (χ1v) is 8.54. The monoisotopic (exact) mass is 382 g/mol. The highest BCUT2D eigenvalue weighted by Gasteiger charge is 2.13. The van der Waals surface area contributed by atoms with E-state index >= 15 is 0 Å². The molecule has 146 valence electrons. The molecule has 0 bridgehead atoms. The number of carbonyl (C=O) groups excluding carboxylic acids is 4. The molecular weight excluding hydrogens is 360 g/mol. The second-order valence-corrected chi connectivity index (χ2v) is 6.39. The predicted molar refractivity (Wildman–Crippen MR) is 106 cm³/mol. The second-order valence-electron chi connectivity index (χ2n) is 6.39. The predicted octanol–water partition coefficient (Wildman–Crippen LogP) is 2.30. The Hall–Kier alpha value is -3.68. The summed E-state index contributed by atoms with van der Waals surface area (Å²) in [5.74, 6) is -1.70. The van der Waals surface area contributed by atoms with E-state index in [0.717, 1.165) is 11.1 Å². The van der Waals surface area contributed by atoms with Gasteiger partial charge in [0, 0.05) is 36.3 Å². The molecule has 2 rings (SSSR count). The Kier molecular flexibility index (Phi) is 6.49. The normalized spacial score (nSPS) is 10.0. The van der Waals surface area contributed by atoms with Gasteiger partial charge in [0.05, 0.1) is 0 Å². The van der Waals surface area contributed by atoms with Crippen molar-refractivity contribution in [3.05, 3.63) is 58.7 Å². The topological polar surface area (TPSA) is 116 Å². The van der Waals surface area contributed by atoms with Gasteiger partial charge in [-0.1, -0.05) is 17.7 Å². The summed E-state index contributed by atoms with van der Waals surface area (Å²) in [5.41, 5.74) is 7.78. The summed E-state index contributed by atoms with van der Waals surface area (Å²) in [6, 6.07) is 9.75. The van der Waals surface area contributed by atoms with Gasteiger partial charge < -0.3 is 10.6 Å². The van der Waals surface area contributed by atoms with Crippen LogP contribution in [0, 0.1) is 13.8 Å². The van der Waals surface area contributed by atoms with Crippen LogP contribution in [0.2, 0.25) is 0 Å². The van der Waals surface area contributed by atoms with E-state index in [9.17, 15) is 19.2 Å². The molecule has 0 fully saturated rings. The van der Waals surface area contributed by atoms with Crippen molar-refractivity contribution in [1.29, 1.82) is 0 Å². The zero-order valence-corrected chi connectivity index (χ0v) is 16.1. The van der Waals surface area contributed by atoms with Gasteiger partial charge in [0.2, 0.25) is 11.8 Å². The number of anilines is 2. The molecule has 0 aliphatic carbocycles. The van der Waals surface area contributed by atoms with E-state index in [0.29, 0.717) is 16.9 Å². The molecule has 0 radical (unpaired) electrons. The lowest BCUT2D eigenvalue weighted by Crippen LogP contribution is -2.41. The minimum Gasteiger partial charge on any atom is -0.326 e. The van der Waals surface area contributed by atoms with Crippen LogP contribution in [0.3, 0.4) is 0 Å². The van der Waals surface area contributed by atoms with Crippen LogP contribution >= 0.6 is 0 Å². The van der Waals surface area contributed by atoms with Gasteiger partial charge in [-0.15, -0.1) is 0 Å². The van der Waals surface area contributed by atoms with Gasteiger partial charge in [0.25, 0.3) is 11.8 Å². The molecule has 0 spiro atoms. The van der Waals surface area contributed by atoms with Crippen molar-refractivity contribution >= 4 is 35.0 Å². The molecule has 28 heavy (non-hydrogen) atoms. The summed E-state index contributed by atoms with van der Waals surface area (Å²) in [4.78, 5) is 47.3. The van der Waals surface area contributed by atoms with Crippen LogP contribution in [0.5, 0.6) is 0 Å². The van der Waals surface area contributed by atoms with Crippen LogP contribution in [0.4, 0.5) is 11.4 Å². The molecule has 0 aromatic heterocycles. The van der Waals surface area contributed by atoms with Gasteiger partial charge in [-0.25, -0.2) is 0 Å². The van der Waals surface area contributed by atoms with Crippen molar-refractivity contribution in [2.24, 2.45) is 0 Å². The molecule has 0 atom stereocenters. The number of benzene rings is 2. The van der Waals surface area contributed by atoms with Gasteiger partial charge in [0.15, 0.2) is 0 Å². The number of hydrazine groups is 1. The average Bonchev–Trinajstić information content (AvgIpc) is 2.57. The molecule has 4 amide bonds. The summed E-state index contributed by atoms with van der Waals surface area (Å²) in [7, 11) is 0. The van der Waals surface area contributed by atoms with E-state index in [-0.39, 0.29) is 17.4 Å². The van der Waals surface area contributed by atoms with Crippen LogP contribution in [0.1, 0.15) is 45.7 Å². The molecule has 8 heteroatoms. The maximum Gasteiger partial charge on any atom is 0.269 e. The van der Waals surface area contributed by atoms with Crippen molar-refractivity contribution in [3.63, 3.8) is 0 Å². The van der Waals surface area contributed by atoms with E-state index in [1.807, 2.05) is 13.0 Å². The molecule has 0 aliphatic rings. The summed E-state index contributed by atoms with van der Waals surface area (Å²) in [5, 5.41) is 5.12. The van der Waals surface area contributed by atoms with Crippen LogP contribution in [0.25, 0.3) is 0 Å². The summed E-state index contributed by atoms with van der Waals surface area (Å²) in [6.07, 6.45) is 0. The fourth-order valence-corrected chi connectivity index (χ4v) is 2.63. The summed E-state index contributed by atoms with van der Waals surface area (Å²) >= 11 is 0. The average molecular weight is 382 g/mol. The Bertz CT molecular complexity index is 919. The highest BCUT2D eigenvalue weighted by Crippen LogP contribution is 2.19. The number of hydrogen-bond acceptors (Lipinski definition) is 4. The van der Waals surface area contributed by atoms with Gasteiger partial charge >= 0.3 is 0 Å². The molecule has 0 unspecified atom stereocenters. The minimum absolute atomic E-state index is 0.149. The minimum atomic E-state index is -0.600. The first-order valence-electron chi connectivity index (χ1n) is 8.54. The fraction of sp³-hybridized carbons (Fsp3) is 0.200. The molecule has 0 heterocycles. The van der Waals surface area contributed by atoms with Crippen molar-refractivity contribution in [3.8, 4) is 0 Å². The van der Waals surface area contributed by atoms with E-state index in [2.05, 4.69) is 21.5 Å². The number of hydrogen-bond donors (Lipinski definition) is 4. The Morgan fingerprint density at radius 1 is 0.714 bits per heavy atom. The standard InChI is InChI=1S/C20H22N4O4/c1-11-5-6-18(12(2)7-11)20(28)24-23-19(27)15-8-16(21-13(3)25)10-17(9-15)22-14(4)26/h5-10H,1-4H3,(H,21,25)(H,22,26)(H,23,27)(H,24,28). The lowest BCUT2D eigenvalue weighted by atomic mass is 10.1. The molecular formula is C20H22N4O4. The van der Waals surface area contributed by atoms with E-state index < -0.39 is 11.8 Å². The third kappa shape index (κ3) is 5.66. The second kappa shape index (κ2) is 8.81. The summed E-state index contributed by atoms with van der Waals surface area (Å²) in [6.45, 7) is 6.38. The Morgan fingerprint density at radius 2 is 1.25 bits per heavy atom. The lowest BCUT2D eigenvalue weighted by Gasteiger charge is -2.12. The Balaban J connectivity index is 2.16. The SMILES string of the molecule is CC(=O)Nc1cc(NC(C)=O)cc(C(=O)NNC(=O)c2ccc(C)cc2C)c1. The van der Waals surface area contributed by atoms with Gasteiger partial charge in [0.1, 0.15) is 0 Å². The van der Waals surface area contributed by atoms with Crippen molar-refractivity contribution in [2.75, 3.05) is 10.6 Å². The molecule has 8 nitrogen and oxygen atoms in total. The number of rotatable bonds is 4. The molecule has 2 aromatic rings. The first kappa shape index (κ1) is 20.6. The highest BCUT2D eigenvalue weighted by molar-refractivity contribution is 6.02. The molecule has 2 aromatic carbocycles. The van der Waals surface area contributed by atoms with E-state index in [4.69, 9.17) is 0 Å². The molecule has 0 saturated carbocycles. The lowest BCUT2D eigenvalue weighted by molar-refractivity contribution is -0.115. The maximum atomic E-state index is 12.4. The number of nitrogens with one attached hydrogen (secondary N) is 4. The fourth-order valence-electron chi connectivity index (χ4n) is 2.63. The third-order valence-electron chi connectivity index (χ3n) is 3.75. The van der Waals surface area contributed by atoms with E-state index in [1.54, 1.807) is 19.1 Å². The number of aryl methyl sites for hydroxylation is 2. The van der Waals surface area contributed by atoms with Gasteiger partial charge in [-0.2, -0.15) is 0 Å². The Morgan fingerprint density at radius 3 is 1.75 bits per heavy atom. The zero-order chi connectivity index (χ0) is 20.8. The zero-order valence-electron chi connectivity index (χ0n) is 16.1. The quantitative estimate of drug-likeness (QED) is 0.607. The smallest absolute Gasteiger partial charge is 0.269 e. The van der Waals surface area contributed by atoms with Crippen LogP contribution in [-0.2, 0) is 9.59 Å². The van der Waals surface area contributed by atoms with Crippen LogP contribution in [0.15, 0.2) is 36.4 Å². The van der Waals surface area contributed by atoms with Crippen LogP contribution < -0.4 is 21.5 Å².